The van der Waals surface area contributed by atoms with Gasteiger partial charge in [-0.15, -0.1) is 11.3 Å². The summed E-state index contributed by atoms with van der Waals surface area (Å²) in [4.78, 5) is 16.9. The van der Waals surface area contributed by atoms with E-state index in [-0.39, 0.29) is 0 Å². The summed E-state index contributed by atoms with van der Waals surface area (Å²) >= 11 is 1.34. The fraction of sp³-hybridized carbons (Fsp3) is 0.0870. The zero-order valence-corrected chi connectivity index (χ0v) is 16.0. The molecule has 0 aliphatic carbocycles. The number of benzene rings is 2. The molecule has 2 heterocycles. The number of rotatable bonds is 4. The smallest absolute Gasteiger partial charge is 0.345 e. The lowest BCUT2D eigenvalue weighted by Gasteiger charge is -2.00. The Morgan fingerprint density at radius 2 is 2.00 bits per heavy atom. The van der Waals surface area contributed by atoms with E-state index in [1.807, 2.05) is 48.5 Å². The van der Waals surface area contributed by atoms with Crippen LogP contribution in [0.2, 0.25) is 0 Å². The van der Waals surface area contributed by atoms with Crippen molar-refractivity contribution in [2.45, 2.75) is 13.3 Å². The van der Waals surface area contributed by atoms with Gasteiger partial charge in [0.2, 0.25) is 0 Å². The first-order valence-corrected chi connectivity index (χ1v) is 9.76. The van der Waals surface area contributed by atoms with Crippen LogP contribution in [0.5, 0.6) is 0 Å². The fourth-order valence-corrected chi connectivity index (χ4v) is 3.71. The number of allylic oxidation sites excluding steroid dienone is 1. The van der Waals surface area contributed by atoms with Gasteiger partial charge in [-0.2, -0.15) is 5.26 Å². The monoisotopic (exact) mass is 384 g/mol. The first-order chi connectivity index (χ1) is 13.7. The number of aryl methyl sites for hydroxylation is 1. The van der Waals surface area contributed by atoms with Crippen LogP contribution in [0.25, 0.3) is 33.9 Å². The molecule has 5 heteroatoms. The maximum atomic E-state index is 12.4. The lowest BCUT2D eigenvalue weighted by atomic mass is 10.1. The van der Waals surface area contributed by atoms with Gasteiger partial charge in [-0.05, 0) is 35.8 Å². The minimum atomic E-state index is -0.437. The maximum absolute atomic E-state index is 12.4. The van der Waals surface area contributed by atoms with Crippen molar-refractivity contribution < 1.29 is 4.42 Å². The Hall–Kier alpha value is -3.49. The van der Waals surface area contributed by atoms with Crippen LogP contribution in [0.3, 0.4) is 0 Å². The van der Waals surface area contributed by atoms with Crippen LogP contribution in [0.4, 0.5) is 0 Å². The Balaban J connectivity index is 1.71. The van der Waals surface area contributed by atoms with E-state index in [1.165, 1.54) is 16.9 Å². The van der Waals surface area contributed by atoms with Gasteiger partial charge in [0, 0.05) is 10.8 Å². The minimum Gasteiger partial charge on any atom is -0.422 e. The molecule has 0 N–H and O–H groups in total. The van der Waals surface area contributed by atoms with Crippen LogP contribution in [-0.2, 0) is 6.42 Å². The number of nitriles is 1. The molecule has 0 aliphatic heterocycles. The lowest BCUT2D eigenvalue weighted by molar-refractivity contribution is 0.563. The van der Waals surface area contributed by atoms with E-state index in [0.717, 1.165) is 17.4 Å². The van der Waals surface area contributed by atoms with Gasteiger partial charge in [-0.25, -0.2) is 9.78 Å². The summed E-state index contributed by atoms with van der Waals surface area (Å²) in [6.45, 7) is 2.10. The van der Waals surface area contributed by atoms with Gasteiger partial charge in [-0.1, -0.05) is 49.4 Å². The molecule has 2 aromatic carbocycles. The summed E-state index contributed by atoms with van der Waals surface area (Å²) in [5.41, 5.74) is 3.66. The molecule has 0 amide bonds. The molecule has 0 aliphatic rings. The molecule has 0 radical (unpaired) electrons. The average molecular weight is 384 g/mol. The first kappa shape index (κ1) is 17.9. The first-order valence-electron chi connectivity index (χ1n) is 8.88. The molecule has 0 bridgehead atoms. The van der Waals surface area contributed by atoms with Crippen LogP contribution in [-0.4, -0.2) is 4.98 Å². The van der Waals surface area contributed by atoms with Gasteiger partial charge in [0.15, 0.2) is 0 Å². The highest BCUT2D eigenvalue weighted by atomic mass is 32.1. The van der Waals surface area contributed by atoms with E-state index in [1.54, 1.807) is 17.5 Å². The molecule has 4 aromatic rings. The van der Waals surface area contributed by atoms with Gasteiger partial charge < -0.3 is 4.42 Å². The van der Waals surface area contributed by atoms with Crippen LogP contribution >= 0.6 is 11.3 Å². The van der Waals surface area contributed by atoms with E-state index in [2.05, 4.69) is 18.0 Å². The van der Waals surface area contributed by atoms with Crippen LogP contribution < -0.4 is 5.63 Å². The number of nitrogens with zero attached hydrogens (tertiary/aromatic N) is 2. The number of para-hydroxylation sites is 1. The quantitative estimate of drug-likeness (QED) is 0.342. The zero-order chi connectivity index (χ0) is 19.5. The third-order valence-corrected chi connectivity index (χ3v) is 5.35. The molecule has 0 fully saturated rings. The van der Waals surface area contributed by atoms with Gasteiger partial charge in [0.05, 0.1) is 16.8 Å². The second-order valence-electron chi connectivity index (χ2n) is 6.29. The van der Waals surface area contributed by atoms with E-state index in [0.29, 0.717) is 27.4 Å². The summed E-state index contributed by atoms with van der Waals surface area (Å²) < 4.78 is 5.39. The second-order valence-corrected chi connectivity index (χ2v) is 7.15. The molecular formula is C23H16N2O2S. The van der Waals surface area contributed by atoms with Gasteiger partial charge >= 0.3 is 5.63 Å². The van der Waals surface area contributed by atoms with Crippen molar-refractivity contribution in [1.82, 2.24) is 4.98 Å². The van der Waals surface area contributed by atoms with Crippen molar-refractivity contribution >= 4 is 34.0 Å². The highest BCUT2D eigenvalue weighted by Gasteiger charge is 2.13. The van der Waals surface area contributed by atoms with Gasteiger partial charge in [0.1, 0.15) is 16.7 Å². The average Bonchev–Trinajstić information content (AvgIpc) is 3.21. The molecule has 2 aromatic heterocycles. The largest absolute Gasteiger partial charge is 0.422 e. The molecule has 4 rings (SSSR count). The van der Waals surface area contributed by atoms with E-state index in [9.17, 15) is 10.1 Å². The number of fused-ring (bicyclic) bond motifs is 1. The molecular weight excluding hydrogens is 368 g/mol. The van der Waals surface area contributed by atoms with Crippen molar-refractivity contribution in [2.24, 2.45) is 0 Å². The molecule has 0 spiro atoms. The Bertz CT molecular complexity index is 1270. The van der Waals surface area contributed by atoms with E-state index in [4.69, 9.17) is 4.42 Å². The zero-order valence-electron chi connectivity index (χ0n) is 15.2. The molecule has 4 nitrogen and oxygen atoms in total. The van der Waals surface area contributed by atoms with Gasteiger partial charge in [-0.3, -0.25) is 0 Å². The molecule has 28 heavy (non-hydrogen) atoms. The van der Waals surface area contributed by atoms with Crippen molar-refractivity contribution in [2.75, 3.05) is 0 Å². The fourth-order valence-electron chi connectivity index (χ4n) is 2.92. The van der Waals surface area contributed by atoms with Crippen LogP contribution in [0.15, 0.2) is 69.2 Å². The number of hydrogen-bond acceptors (Lipinski definition) is 5. The minimum absolute atomic E-state index is 0.394. The predicted octanol–water partition coefficient (Wildman–Crippen LogP) is 5.54. The van der Waals surface area contributed by atoms with Crippen molar-refractivity contribution in [3.63, 3.8) is 0 Å². The number of aromatic nitrogens is 1. The third kappa shape index (κ3) is 3.51. The second kappa shape index (κ2) is 7.63. The summed E-state index contributed by atoms with van der Waals surface area (Å²) in [5.74, 6) is 0. The van der Waals surface area contributed by atoms with Crippen molar-refractivity contribution in [3.8, 4) is 17.3 Å². The van der Waals surface area contributed by atoms with Crippen LogP contribution in [0.1, 0.15) is 23.1 Å². The van der Waals surface area contributed by atoms with Crippen LogP contribution in [0, 0.1) is 11.3 Å². The Kier molecular flexibility index (Phi) is 4.88. The normalized spacial score (nSPS) is 11.5. The summed E-state index contributed by atoms with van der Waals surface area (Å²) in [6.07, 6.45) is 2.78. The van der Waals surface area contributed by atoms with Gasteiger partial charge in [0.25, 0.3) is 0 Å². The lowest BCUT2D eigenvalue weighted by Crippen LogP contribution is -2.02. The SMILES string of the molecule is CCc1ccc(/C=C(/C#N)c2nc(-c3cc4ccccc4oc3=O)cs2)cc1. The molecule has 0 saturated carbocycles. The molecule has 0 saturated heterocycles. The highest BCUT2D eigenvalue weighted by Crippen LogP contribution is 2.27. The van der Waals surface area contributed by atoms with Crippen molar-refractivity contribution in [3.05, 3.63) is 86.5 Å². The molecule has 0 unspecified atom stereocenters. The highest BCUT2D eigenvalue weighted by molar-refractivity contribution is 7.11. The van der Waals surface area contributed by atoms with E-state index < -0.39 is 5.63 Å². The number of hydrogen-bond donors (Lipinski definition) is 0. The summed E-state index contributed by atoms with van der Waals surface area (Å²) in [7, 11) is 0. The number of thiazole rings is 1. The van der Waals surface area contributed by atoms with Crippen molar-refractivity contribution in [1.29, 1.82) is 5.26 Å². The Labute approximate surface area is 166 Å². The summed E-state index contributed by atoms with van der Waals surface area (Å²) in [6, 6.07) is 19.4. The predicted molar refractivity (Wildman–Crippen MR) is 113 cm³/mol. The molecule has 136 valence electrons. The standard InChI is InChI=1S/C23H16N2O2S/c1-2-15-7-9-16(10-8-15)11-18(13-24)22-25-20(14-28-22)19-12-17-5-3-4-6-21(17)27-23(19)26/h3-12,14H,2H2,1H3/b18-11-. The topological polar surface area (TPSA) is 66.9 Å². The Morgan fingerprint density at radius 1 is 1.21 bits per heavy atom. The summed E-state index contributed by atoms with van der Waals surface area (Å²) in [5, 5.41) is 12.8. The Morgan fingerprint density at radius 3 is 2.75 bits per heavy atom. The van der Waals surface area contributed by atoms with E-state index >= 15 is 0 Å². The third-order valence-electron chi connectivity index (χ3n) is 4.47. The maximum Gasteiger partial charge on any atom is 0.345 e. The molecule has 0 atom stereocenters.